The zero-order chi connectivity index (χ0) is 20.8. The Balaban J connectivity index is 1.99. The molecule has 146 valence electrons. The maximum Gasteiger partial charge on any atom is 0.162 e. The molecule has 2 aromatic rings. The van der Waals surface area contributed by atoms with Crippen LogP contribution in [-0.4, -0.2) is 5.78 Å². The van der Waals surface area contributed by atoms with Crippen molar-refractivity contribution in [3.8, 4) is 6.07 Å². The van der Waals surface area contributed by atoms with Gasteiger partial charge in [-0.3, -0.25) is 9.69 Å². The highest BCUT2D eigenvalue weighted by Crippen LogP contribution is 2.50. The first kappa shape index (κ1) is 19.3. The van der Waals surface area contributed by atoms with Gasteiger partial charge in [0.2, 0.25) is 0 Å². The smallest absolute Gasteiger partial charge is 0.162 e. The minimum Gasteiger partial charge on any atom is -0.384 e. The molecule has 4 rings (SSSR count). The summed E-state index contributed by atoms with van der Waals surface area (Å²) in [5.41, 5.74) is 10.0. The van der Waals surface area contributed by atoms with E-state index in [1.165, 1.54) is 0 Å². The van der Waals surface area contributed by atoms with Crippen molar-refractivity contribution < 1.29 is 4.79 Å². The Bertz CT molecular complexity index is 1080. The zero-order valence-electron chi connectivity index (χ0n) is 16.4. The number of ketones is 1. The van der Waals surface area contributed by atoms with Crippen molar-refractivity contribution in [1.29, 1.82) is 5.26 Å². The fourth-order valence-electron chi connectivity index (χ4n) is 4.37. The van der Waals surface area contributed by atoms with Gasteiger partial charge in [0.15, 0.2) is 5.78 Å². The summed E-state index contributed by atoms with van der Waals surface area (Å²) in [6.07, 6.45) is 1.14. The predicted molar refractivity (Wildman–Crippen MR) is 115 cm³/mol. The Morgan fingerprint density at radius 3 is 2.38 bits per heavy atom. The molecule has 1 heterocycles. The van der Waals surface area contributed by atoms with E-state index >= 15 is 0 Å². The van der Waals surface area contributed by atoms with Gasteiger partial charge in [0.25, 0.3) is 0 Å². The Hall–Kier alpha value is -3.03. The van der Waals surface area contributed by atoms with Crippen molar-refractivity contribution in [3.63, 3.8) is 0 Å². The topological polar surface area (TPSA) is 70.1 Å². The van der Waals surface area contributed by atoms with Crippen LogP contribution in [0.5, 0.6) is 0 Å². The third-order valence-electron chi connectivity index (χ3n) is 5.60. The molecule has 0 unspecified atom stereocenters. The molecule has 2 aliphatic rings. The van der Waals surface area contributed by atoms with Gasteiger partial charge in [0.1, 0.15) is 5.82 Å². The lowest BCUT2D eigenvalue weighted by Gasteiger charge is -2.43. The Morgan fingerprint density at radius 2 is 1.76 bits per heavy atom. The summed E-state index contributed by atoms with van der Waals surface area (Å²) in [7, 11) is 0. The highest BCUT2D eigenvalue weighted by atomic mass is 35.5. The number of allylic oxidation sites excluding steroid dienone is 3. The quantitative estimate of drug-likeness (QED) is 0.740. The number of nitrogens with two attached hydrogens (primary N) is 1. The zero-order valence-corrected chi connectivity index (χ0v) is 17.2. The number of Topliss-reactive ketones (excluding diaryl/α,β-unsaturated/α-hetero) is 1. The molecule has 1 aliphatic carbocycles. The summed E-state index contributed by atoms with van der Waals surface area (Å²) in [4.78, 5) is 15.2. The van der Waals surface area contributed by atoms with E-state index in [9.17, 15) is 10.1 Å². The summed E-state index contributed by atoms with van der Waals surface area (Å²) < 4.78 is 0. The molecule has 2 N–H and O–H groups in total. The molecule has 4 nitrogen and oxygen atoms in total. The van der Waals surface area contributed by atoms with Crippen LogP contribution in [-0.2, 0) is 4.79 Å². The van der Waals surface area contributed by atoms with Crippen LogP contribution in [0.25, 0.3) is 0 Å². The van der Waals surface area contributed by atoms with Gasteiger partial charge in [-0.05, 0) is 41.7 Å². The first-order chi connectivity index (χ1) is 13.8. The van der Waals surface area contributed by atoms with E-state index < -0.39 is 5.92 Å². The van der Waals surface area contributed by atoms with Crippen LogP contribution >= 0.6 is 11.6 Å². The minimum absolute atomic E-state index is 0.0734. The molecule has 2 aromatic carbocycles. The highest BCUT2D eigenvalue weighted by Gasteiger charge is 2.44. The number of carbonyl (C=O) groups excluding carboxylic acids is 1. The number of hydrogen-bond donors (Lipinski definition) is 1. The normalized spacial score (nSPS) is 21.1. The van der Waals surface area contributed by atoms with E-state index in [1.54, 1.807) is 12.1 Å². The van der Waals surface area contributed by atoms with E-state index in [1.807, 2.05) is 47.4 Å². The van der Waals surface area contributed by atoms with Crippen LogP contribution in [0, 0.1) is 16.7 Å². The molecule has 0 aromatic heterocycles. The lowest BCUT2D eigenvalue weighted by Crippen LogP contribution is -2.42. The Kier molecular flexibility index (Phi) is 4.72. The van der Waals surface area contributed by atoms with Crippen LogP contribution < -0.4 is 10.6 Å². The molecule has 5 heteroatoms. The van der Waals surface area contributed by atoms with Crippen LogP contribution in [0.4, 0.5) is 5.69 Å². The van der Waals surface area contributed by atoms with Crippen molar-refractivity contribution in [2.24, 2.45) is 11.1 Å². The third-order valence-corrected chi connectivity index (χ3v) is 5.85. The van der Waals surface area contributed by atoms with Gasteiger partial charge < -0.3 is 5.73 Å². The van der Waals surface area contributed by atoms with Crippen molar-refractivity contribution in [3.05, 3.63) is 87.8 Å². The first-order valence-electron chi connectivity index (χ1n) is 9.59. The maximum absolute atomic E-state index is 13.3. The second-order valence-corrected chi connectivity index (χ2v) is 8.80. The molecule has 0 saturated heterocycles. The summed E-state index contributed by atoms with van der Waals surface area (Å²) in [5.74, 6) is 0.000548. The Labute approximate surface area is 175 Å². The molecule has 29 heavy (non-hydrogen) atoms. The van der Waals surface area contributed by atoms with Crippen LogP contribution in [0.15, 0.2) is 77.3 Å². The molecule has 0 fully saturated rings. The second-order valence-electron chi connectivity index (χ2n) is 8.37. The van der Waals surface area contributed by atoms with Gasteiger partial charge in [-0.15, -0.1) is 0 Å². The maximum atomic E-state index is 13.3. The number of halogens is 1. The van der Waals surface area contributed by atoms with E-state index in [0.717, 1.165) is 16.9 Å². The minimum atomic E-state index is -0.441. The predicted octanol–water partition coefficient (Wildman–Crippen LogP) is 5.28. The largest absolute Gasteiger partial charge is 0.384 e. The number of nitrogens with zero attached hydrogens (tertiary/aromatic N) is 2. The number of nitriles is 1. The molecule has 1 aliphatic heterocycles. The molecule has 0 saturated carbocycles. The fourth-order valence-corrected chi connectivity index (χ4v) is 4.50. The van der Waals surface area contributed by atoms with Gasteiger partial charge in [-0.1, -0.05) is 55.8 Å². The monoisotopic (exact) mass is 403 g/mol. The lowest BCUT2D eigenvalue weighted by molar-refractivity contribution is -0.118. The van der Waals surface area contributed by atoms with Gasteiger partial charge in [-0.25, -0.2) is 0 Å². The highest BCUT2D eigenvalue weighted by molar-refractivity contribution is 6.30. The van der Waals surface area contributed by atoms with Crippen molar-refractivity contribution in [2.75, 3.05) is 4.90 Å². The van der Waals surface area contributed by atoms with Crippen LogP contribution in [0.1, 0.15) is 38.2 Å². The van der Waals surface area contributed by atoms with Gasteiger partial charge >= 0.3 is 0 Å². The van der Waals surface area contributed by atoms with Gasteiger partial charge in [-0.2, -0.15) is 5.26 Å². The molecular weight excluding hydrogens is 382 g/mol. The van der Waals surface area contributed by atoms with Crippen molar-refractivity contribution in [2.45, 2.75) is 32.6 Å². The van der Waals surface area contributed by atoms with Gasteiger partial charge in [0.05, 0.1) is 17.6 Å². The number of anilines is 1. The molecule has 0 amide bonds. The molecule has 0 bridgehead atoms. The first-order valence-corrected chi connectivity index (χ1v) is 9.97. The van der Waals surface area contributed by atoms with Crippen LogP contribution in [0.3, 0.4) is 0 Å². The summed E-state index contributed by atoms with van der Waals surface area (Å²) in [5, 5.41) is 10.6. The molecule has 1 atom stereocenters. The lowest BCUT2D eigenvalue weighted by atomic mass is 9.68. The van der Waals surface area contributed by atoms with Gasteiger partial charge in [0, 0.05) is 28.4 Å². The molecule has 0 spiro atoms. The summed E-state index contributed by atoms with van der Waals surface area (Å²) in [6.45, 7) is 4.18. The fraction of sp³-hybridized carbons (Fsp3) is 0.250. The number of rotatable bonds is 2. The van der Waals surface area contributed by atoms with Crippen LogP contribution in [0.2, 0.25) is 5.02 Å². The third kappa shape index (κ3) is 3.32. The second kappa shape index (κ2) is 7.09. The molecular formula is C24H22ClN3O. The average Bonchev–Trinajstić information content (AvgIpc) is 2.68. The van der Waals surface area contributed by atoms with E-state index in [2.05, 4.69) is 19.9 Å². The van der Waals surface area contributed by atoms with E-state index in [-0.39, 0.29) is 11.2 Å². The average molecular weight is 404 g/mol. The summed E-state index contributed by atoms with van der Waals surface area (Å²) in [6, 6.07) is 19.3. The van der Waals surface area contributed by atoms with Crippen molar-refractivity contribution >= 4 is 23.1 Å². The van der Waals surface area contributed by atoms with Crippen molar-refractivity contribution in [1.82, 2.24) is 0 Å². The number of carbonyl (C=O) groups is 1. The summed E-state index contributed by atoms with van der Waals surface area (Å²) >= 11 is 6.07. The SMILES string of the molecule is CC1(C)CC(=O)C2=C(C1)N(c1ccc(Cl)cc1)C(N)=C(C#N)[C@@H]2c1ccccc1. The number of hydrogen-bond acceptors (Lipinski definition) is 4. The standard InChI is InChI=1S/C24H22ClN3O/c1-24(2)12-19-22(20(29)13-24)21(15-6-4-3-5-7-15)18(14-26)23(27)28(19)17-10-8-16(25)9-11-17/h3-11,21H,12-13,27H2,1-2H3/t21-/m0/s1. The Morgan fingerprint density at radius 1 is 1.10 bits per heavy atom. The number of benzene rings is 2. The van der Waals surface area contributed by atoms with E-state index in [4.69, 9.17) is 17.3 Å². The van der Waals surface area contributed by atoms with E-state index in [0.29, 0.717) is 34.8 Å². The molecule has 0 radical (unpaired) electrons.